The Kier molecular flexibility index (Phi) is 7.18. The van der Waals surface area contributed by atoms with Crippen LogP contribution in [0.15, 0.2) is 0 Å². The Balaban J connectivity index is 3.94. The van der Waals surface area contributed by atoms with Crippen LogP contribution in [0.25, 0.3) is 0 Å². The Morgan fingerprint density at radius 1 is 1.20 bits per heavy atom. The van der Waals surface area contributed by atoms with Crippen LogP contribution in [0.5, 0.6) is 0 Å². The van der Waals surface area contributed by atoms with E-state index < -0.39 is 9.84 Å². The molecule has 0 saturated carbocycles. The summed E-state index contributed by atoms with van der Waals surface area (Å²) in [4.78, 5) is 0. The molecule has 15 heavy (non-hydrogen) atoms. The highest BCUT2D eigenvalue weighted by Gasteiger charge is 2.15. The van der Waals surface area contributed by atoms with Crippen molar-refractivity contribution in [2.75, 3.05) is 18.1 Å². The average molecular weight is 235 g/mol. The molecule has 0 spiro atoms. The summed E-state index contributed by atoms with van der Waals surface area (Å²) in [6.45, 7) is 8.98. The number of nitrogens with one attached hydrogen (secondary N) is 1. The van der Waals surface area contributed by atoms with Gasteiger partial charge in [0.05, 0.1) is 11.5 Å². The molecule has 2 atom stereocenters. The fourth-order valence-corrected chi connectivity index (χ4v) is 3.42. The van der Waals surface area contributed by atoms with Crippen molar-refractivity contribution < 1.29 is 8.42 Å². The van der Waals surface area contributed by atoms with E-state index in [4.69, 9.17) is 0 Å². The predicted molar refractivity (Wildman–Crippen MR) is 65.9 cm³/mol. The maximum absolute atomic E-state index is 11.7. The molecule has 0 aromatic carbocycles. The predicted octanol–water partition coefficient (Wildman–Crippen LogP) is 1.84. The molecule has 0 aliphatic carbocycles. The van der Waals surface area contributed by atoms with E-state index in [1.54, 1.807) is 0 Å². The van der Waals surface area contributed by atoms with E-state index >= 15 is 0 Å². The Morgan fingerprint density at radius 2 is 1.80 bits per heavy atom. The second-order valence-electron chi connectivity index (χ2n) is 4.38. The third-order valence-electron chi connectivity index (χ3n) is 2.65. The zero-order chi connectivity index (χ0) is 11.9. The molecule has 0 bridgehead atoms. The molecule has 0 aromatic heterocycles. The molecule has 0 heterocycles. The molecule has 0 aliphatic heterocycles. The van der Waals surface area contributed by atoms with Gasteiger partial charge in [-0.1, -0.05) is 27.2 Å². The molecule has 0 aliphatic rings. The Morgan fingerprint density at radius 3 is 2.27 bits per heavy atom. The third-order valence-corrected chi connectivity index (χ3v) is 4.58. The molecule has 0 fully saturated rings. The first-order valence-corrected chi connectivity index (χ1v) is 7.67. The van der Waals surface area contributed by atoms with Gasteiger partial charge in [-0.3, -0.25) is 0 Å². The van der Waals surface area contributed by atoms with Gasteiger partial charge in [0.2, 0.25) is 0 Å². The molecule has 0 radical (unpaired) electrons. The van der Waals surface area contributed by atoms with E-state index in [0.717, 1.165) is 13.0 Å². The number of hydrogen-bond acceptors (Lipinski definition) is 3. The monoisotopic (exact) mass is 235 g/mol. The van der Waals surface area contributed by atoms with Gasteiger partial charge in [0.25, 0.3) is 0 Å². The first-order valence-electron chi connectivity index (χ1n) is 5.85. The van der Waals surface area contributed by atoms with Gasteiger partial charge < -0.3 is 5.32 Å². The van der Waals surface area contributed by atoms with Crippen molar-refractivity contribution in [3.63, 3.8) is 0 Å². The highest BCUT2D eigenvalue weighted by Crippen LogP contribution is 2.07. The van der Waals surface area contributed by atoms with Gasteiger partial charge in [-0.25, -0.2) is 8.42 Å². The standard InChI is InChI=1S/C11H25NO2S/c1-5-10(3)9-15(13,14)8-7-11(4)12-6-2/h10-12H,5-9H2,1-4H3. The lowest BCUT2D eigenvalue weighted by atomic mass is 10.2. The first-order chi connectivity index (χ1) is 6.91. The van der Waals surface area contributed by atoms with Gasteiger partial charge in [0, 0.05) is 6.04 Å². The van der Waals surface area contributed by atoms with Crippen LogP contribution in [0.3, 0.4) is 0 Å². The Hall–Kier alpha value is -0.0900. The van der Waals surface area contributed by atoms with E-state index in [9.17, 15) is 8.42 Å². The van der Waals surface area contributed by atoms with E-state index in [1.807, 2.05) is 27.7 Å². The molecule has 1 N–H and O–H groups in total. The lowest BCUT2D eigenvalue weighted by Crippen LogP contribution is -2.29. The zero-order valence-corrected chi connectivity index (χ0v) is 11.2. The number of hydrogen-bond donors (Lipinski definition) is 1. The molecule has 0 amide bonds. The van der Waals surface area contributed by atoms with Crippen molar-refractivity contribution in [1.29, 1.82) is 0 Å². The molecule has 0 saturated heterocycles. The fourth-order valence-electron chi connectivity index (χ4n) is 1.44. The van der Waals surface area contributed by atoms with Crippen LogP contribution in [-0.4, -0.2) is 32.5 Å². The van der Waals surface area contributed by atoms with Crippen LogP contribution >= 0.6 is 0 Å². The zero-order valence-electron chi connectivity index (χ0n) is 10.4. The first kappa shape index (κ1) is 14.9. The lowest BCUT2D eigenvalue weighted by Gasteiger charge is -2.13. The van der Waals surface area contributed by atoms with Gasteiger partial charge in [-0.2, -0.15) is 0 Å². The number of rotatable bonds is 8. The van der Waals surface area contributed by atoms with Crippen molar-refractivity contribution >= 4 is 9.84 Å². The summed E-state index contributed by atoms with van der Waals surface area (Å²) >= 11 is 0. The minimum absolute atomic E-state index is 0.282. The summed E-state index contributed by atoms with van der Waals surface area (Å²) in [5.74, 6) is 0.929. The molecule has 0 aromatic rings. The lowest BCUT2D eigenvalue weighted by molar-refractivity contribution is 0.532. The van der Waals surface area contributed by atoms with Crippen molar-refractivity contribution in [1.82, 2.24) is 5.32 Å². The molecular formula is C11H25NO2S. The van der Waals surface area contributed by atoms with E-state index in [-0.39, 0.29) is 5.92 Å². The molecular weight excluding hydrogens is 210 g/mol. The highest BCUT2D eigenvalue weighted by molar-refractivity contribution is 7.91. The SMILES string of the molecule is CCNC(C)CCS(=O)(=O)CC(C)CC. The van der Waals surface area contributed by atoms with Crippen LogP contribution in [0.2, 0.25) is 0 Å². The van der Waals surface area contributed by atoms with Crippen molar-refractivity contribution in [2.45, 2.75) is 46.6 Å². The van der Waals surface area contributed by atoms with Gasteiger partial charge in [0.15, 0.2) is 9.84 Å². The minimum Gasteiger partial charge on any atom is -0.314 e. The average Bonchev–Trinajstić information content (AvgIpc) is 2.15. The van der Waals surface area contributed by atoms with Gasteiger partial charge >= 0.3 is 0 Å². The van der Waals surface area contributed by atoms with E-state index in [1.165, 1.54) is 0 Å². The van der Waals surface area contributed by atoms with Crippen LogP contribution < -0.4 is 5.32 Å². The summed E-state index contributed by atoms with van der Waals surface area (Å²) < 4.78 is 23.4. The summed E-state index contributed by atoms with van der Waals surface area (Å²) in [7, 11) is -2.85. The van der Waals surface area contributed by atoms with Crippen LogP contribution in [0.4, 0.5) is 0 Å². The van der Waals surface area contributed by atoms with Crippen LogP contribution in [0.1, 0.15) is 40.5 Å². The van der Waals surface area contributed by atoms with Crippen molar-refractivity contribution in [3.05, 3.63) is 0 Å². The second kappa shape index (κ2) is 7.23. The topological polar surface area (TPSA) is 46.2 Å². The summed E-state index contributed by atoms with van der Waals surface area (Å²) in [5.41, 5.74) is 0. The van der Waals surface area contributed by atoms with Gasteiger partial charge in [0.1, 0.15) is 0 Å². The third kappa shape index (κ3) is 7.79. The molecule has 4 heteroatoms. The van der Waals surface area contributed by atoms with E-state index in [0.29, 0.717) is 24.0 Å². The second-order valence-corrected chi connectivity index (χ2v) is 6.60. The quantitative estimate of drug-likeness (QED) is 0.698. The Labute approximate surface area is 94.6 Å². The molecule has 92 valence electrons. The highest BCUT2D eigenvalue weighted by atomic mass is 32.2. The maximum atomic E-state index is 11.7. The maximum Gasteiger partial charge on any atom is 0.150 e. The summed E-state index contributed by atoms with van der Waals surface area (Å²) in [5, 5.41) is 3.22. The minimum atomic E-state index is -2.85. The van der Waals surface area contributed by atoms with Gasteiger partial charge in [-0.15, -0.1) is 0 Å². The van der Waals surface area contributed by atoms with Crippen LogP contribution in [-0.2, 0) is 9.84 Å². The molecule has 3 nitrogen and oxygen atoms in total. The van der Waals surface area contributed by atoms with Crippen molar-refractivity contribution in [3.8, 4) is 0 Å². The molecule has 2 unspecified atom stereocenters. The smallest absolute Gasteiger partial charge is 0.150 e. The van der Waals surface area contributed by atoms with E-state index in [2.05, 4.69) is 5.32 Å². The Bertz CT molecular complexity index is 249. The summed E-state index contributed by atoms with van der Waals surface area (Å²) in [6.07, 6.45) is 1.65. The normalized spacial score (nSPS) is 16.3. The molecule has 0 rings (SSSR count). The van der Waals surface area contributed by atoms with Crippen molar-refractivity contribution in [2.24, 2.45) is 5.92 Å². The van der Waals surface area contributed by atoms with Crippen LogP contribution in [0, 0.1) is 5.92 Å². The summed E-state index contributed by atoms with van der Waals surface area (Å²) in [6, 6.07) is 0.293. The fraction of sp³-hybridized carbons (Fsp3) is 1.00. The number of sulfone groups is 1. The van der Waals surface area contributed by atoms with Gasteiger partial charge in [-0.05, 0) is 25.8 Å². The largest absolute Gasteiger partial charge is 0.314 e.